The summed E-state index contributed by atoms with van der Waals surface area (Å²) in [6.45, 7) is 4.65. The maximum absolute atomic E-state index is 12.4. The average molecular weight is 315 g/mol. The number of hydrogen-bond donors (Lipinski definition) is 2. The zero-order valence-corrected chi connectivity index (χ0v) is 13.2. The molecule has 0 saturated carbocycles. The van der Waals surface area contributed by atoms with Gasteiger partial charge in [0.2, 0.25) is 10.0 Å². The molecule has 0 spiro atoms. The van der Waals surface area contributed by atoms with E-state index in [4.69, 9.17) is 5.73 Å². The number of nitrogens with two attached hydrogens (primary N) is 1. The lowest BCUT2D eigenvalue weighted by atomic mass is 10.2. The van der Waals surface area contributed by atoms with Gasteiger partial charge in [-0.15, -0.1) is 0 Å². The molecular formula is C13H25N5O2S. The van der Waals surface area contributed by atoms with E-state index in [0.717, 1.165) is 51.9 Å². The van der Waals surface area contributed by atoms with E-state index < -0.39 is 10.0 Å². The normalized spacial score (nSPS) is 18.7. The van der Waals surface area contributed by atoms with Crippen LogP contribution in [0.5, 0.6) is 0 Å². The minimum Gasteiger partial charge on any atom is -0.330 e. The van der Waals surface area contributed by atoms with Crippen molar-refractivity contribution in [2.75, 3.05) is 39.3 Å². The maximum Gasteiger partial charge on any atom is 0.246 e. The minimum atomic E-state index is -3.40. The van der Waals surface area contributed by atoms with Gasteiger partial charge in [0, 0.05) is 25.8 Å². The first-order chi connectivity index (χ1) is 10.1. The molecule has 1 aromatic rings. The molecule has 0 radical (unpaired) electrons. The SMILES string of the molecule is NCCCCCN1CCCN(S(=O)(=O)c2cn[nH]c2)CC1. The predicted molar refractivity (Wildman–Crippen MR) is 81.3 cm³/mol. The van der Waals surface area contributed by atoms with Crippen LogP contribution >= 0.6 is 0 Å². The zero-order chi connectivity index (χ0) is 15.1. The molecule has 0 atom stereocenters. The molecule has 0 aromatic carbocycles. The van der Waals surface area contributed by atoms with Gasteiger partial charge in [-0.05, 0) is 38.9 Å². The smallest absolute Gasteiger partial charge is 0.246 e. The van der Waals surface area contributed by atoms with Crippen molar-refractivity contribution in [1.29, 1.82) is 0 Å². The monoisotopic (exact) mass is 315 g/mol. The van der Waals surface area contributed by atoms with Crippen molar-refractivity contribution in [1.82, 2.24) is 19.4 Å². The third kappa shape index (κ3) is 4.50. The third-order valence-corrected chi connectivity index (χ3v) is 5.70. The van der Waals surface area contributed by atoms with E-state index in [1.54, 1.807) is 4.31 Å². The molecule has 7 nitrogen and oxygen atoms in total. The van der Waals surface area contributed by atoms with Gasteiger partial charge < -0.3 is 10.6 Å². The summed E-state index contributed by atoms with van der Waals surface area (Å²) in [5, 5.41) is 6.29. The number of sulfonamides is 1. The molecule has 2 rings (SSSR count). The molecule has 1 fully saturated rings. The quantitative estimate of drug-likeness (QED) is 0.703. The Hall–Kier alpha value is -0.960. The Labute approximate surface area is 126 Å². The molecule has 1 aliphatic rings. The molecule has 1 aromatic heterocycles. The summed E-state index contributed by atoms with van der Waals surface area (Å²) >= 11 is 0. The van der Waals surface area contributed by atoms with Crippen LogP contribution in [0.25, 0.3) is 0 Å². The van der Waals surface area contributed by atoms with E-state index >= 15 is 0 Å². The van der Waals surface area contributed by atoms with Crippen LogP contribution in [0.4, 0.5) is 0 Å². The summed E-state index contributed by atoms with van der Waals surface area (Å²) in [6.07, 6.45) is 7.01. The number of hydrogen-bond acceptors (Lipinski definition) is 5. The largest absolute Gasteiger partial charge is 0.330 e. The van der Waals surface area contributed by atoms with Crippen molar-refractivity contribution >= 4 is 10.0 Å². The van der Waals surface area contributed by atoms with Crippen LogP contribution in [0.3, 0.4) is 0 Å². The lowest BCUT2D eigenvalue weighted by Gasteiger charge is -2.21. The van der Waals surface area contributed by atoms with Crippen LogP contribution in [0, 0.1) is 0 Å². The summed E-state index contributed by atoms with van der Waals surface area (Å²) in [5.41, 5.74) is 5.49. The van der Waals surface area contributed by atoms with E-state index in [-0.39, 0.29) is 4.90 Å². The van der Waals surface area contributed by atoms with Gasteiger partial charge in [-0.3, -0.25) is 5.10 Å². The van der Waals surface area contributed by atoms with Gasteiger partial charge in [0.15, 0.2) is 0 Å². The molecule has 0 bridgehead atoms. The molecule has 2 heterocycles. The van der Waals surface area contributed by atoms with Gasteiger partial charge >= 0.3 is 0 Å². The molecular weight excluding hydrogens is 290 g/mol. The molecule has 1 aliphatic heterocycles. The van der Waals surface area contributed by atoms with Crippen LogP contribution in [0.15, 0.2) is 17.3 Å². The standard InChI is InChI=1S/C13H25N5O2S/c14-5-2-1-3-6-17-7-4-8-18(10-9-17)21(19,20)13-11-15-16-12-13/h11-12H,1-10,14H2,(H,15,16). The Morgan fingerprint density at radius 3 is 2.76 bits per heavy atom. The molecule has 0 aliphatic carbocycles. The number of unbranched alkanes of at least 4 members (excludes halogenated alkanes) is 2. The second-order valence-electron chi connectivity index (χ2n) is 5.38. The van der Waals surface area contributed by atoms with Crippen LogP contribution in [0.1, 0.15) is 25.7 Å². The minimum absolute atomic E-state index is 0.249. The highest BCUT2D eigenvalue weighted by atomic mass is 32.2. The van der Waals surface area contributed by atoms with E-state index in [1.807, 2.05) is 0 Å². The first-order valence-corrected chi connectivity index (χ1v) is 9.00. The van der Waals surface area contributed by atoms with Gasteiger partial charge in [-0.1, -0.05) is 6.42 Å². The average Bonchev–Trinajstić information content (AvgIpc) is 2.91. The van der Waals surface area contributed by atoms with Crippen LogP contribution in [-0.4, -0.2) is 67.1 Å². The topological polar surface area (TPSA) is 95.3 Å². The van der Waals surface area contributed by atoms with Gasteiger partial charge in [0.25, 0.3) is 0 Å². The van der Waals surface area contributed by atoms with Crippen molar-refractivity contribution in [3.8, 4) is 0 Å². The Morgan fingerprint density at radius 1 is 1.19 bits per heavy atom. The van der Waals surface area contributed by atoms with Crippen molar-refractivity contribution < 1.29 is 8.42 Å². The third-order valence-electron chi connectivity index (χ3n) is 3.84. The Balaban J connectivity index is 1.86. The molecule has 3 N–H and O–H groups in total. The molecule has 21 heavy (non-hydrogen) atoms. The summed E-state index contributed by atoms with van der Waals surface area (Å²) < 4.78 is 26.4. The maximum atomic E-state index is 12.4. The van der Waals surface area contributed by atoms with Gasteiger partial charge in [-0.25, -0.2) is 8.42 Å². The highest BCUT2D eigenvalue weighted by molar-refractivity contribution is 7.89. The Bertz CT molecular complexity index is 503. The van der Waals surface area contributed by atoms with E-state index in [2.05, 4.69) is 15.1 Å². The Kier molecular flexibility index (Phi) is 6.16. The Morgan fingerprint density at radius 2 is 2.05 bits per heavy atom. The second kappa shape index (κ2) is 7.88. The summed E-state index contributed by atoms with van der Waals surface area (Å²) in [4.78, 5) is 2.60. The van der Waals surface area contributed by atoms with Gasteiger partial charge in [0.1, 0.15) is 4.90 Å². The number of H-pyrrole nitrogens is 1. The van der Waals surface area contributed by atoms with Crippen molar-refractivity contribution in [2.45, 2.75) is 30.6 Å². The number of nitrogens with one attached hydrogen (secondary N) is 1. The van der Waals surface area contributed by atoms with Crippen molar-refractivity contribution in [2.24, 2.45) is 5.73 Å². The number of rotatable bonds is 7. The summed E-state index contributed by atoms with van der Waals surface area (Å²) in [7, 11) is -3.40. The van der Waals surface area contributed by atoms with Crippen LogP contribution < -0.4 is 5.73 Å². The molecule has 0 amide bonds. The predicted octanol–water partition coefficient (Wildman–Crippen LogP) is 0.235. The molecule has 120 valence electrons. The fraction of sp³-hybridized carbons (Fsp3) is 0.769. The molecule has 1 saturated heterocycles. The van der Waals surface area contributed by atoms with Crippen LogP contribution in [0.2, 0.25) is 0 Å². The molecule has 8 heteroatoms. The fourth-order valence-corrected chi connectivity index (χ4v) is 3.97. The van der Waals surface area contributed by atoms with E-state index in [1.165, 1.54) is 12.4 Å². The highest BCUT2D eigenvalue weighted by Gasteiger charge is 2.27. The molecule has 0 unspecified atom stereocenters. The second-order valence-corrected chi connectivity index (χ2v) is 7.32. The van der Waals surface area contributed by atoms with Gasteiger partial charge in [-0.2, -0.15) is 9.40 Å². The van der Waals surface area contributed by atoms with Gasteiger partial charge in [0.05, 0.1) is 6.20 Å². The van der Waals surface area contributed by atoms with Crippen LogP contribution in [-0.2, 0) is 10.0 Å². The zero-order valence-electron chi connectivity index (χ0n) is 12.4. The number of aromatic nitrogens is 2. The lowest BCUT2D eigenvalue weighted by Crippen LogP contribution is -2.35. The summed E-state index contributed by atoms with van der Waals surface area (Å²) in [6, 6.07) is 0. The highest BCUT2D eigenvalue weighted by Crippen LogP contribution is 2.16. The first kappa shape index (κ1) is 16.4. The van der Waals surface area contributed by atoms with E-state index in [9.17, 15) is 8.42 Å². The first-order valence-electron chi connectivity index (χ1n) is 7.56. The number of nitrogens with zero attached hydrogens (tertiary/aromatic N) is 3. The van der Waals surface area contributed by atoms with Crippen molar-refractivity contribution in [3.05, 3.63) is 12.4 Å². The fourth-order valence-electron chi connectivity index (χ4n) is 2.60. The number of aromatic amines is 1. The van der Waals surface area contributed by atoms with Crippen molar-refractivity contribution in [3.63, 3.8) is 0 Å². The van der Waals surface area contributed by atoms with E-state index in [0.29, 0.717) is 13.1 Å². The lowest BCUT2D eigenvalue weighted by molar-refractivity contribution is 0.280. The summed E-state index contributed by atoms with van der Waals surface area (Å²) in [5.74, 6) is 0.